The third kappa shape index (κ3) is 16.9. The largest absolute Gasteiger partial charge is 0.255 e. The van der Waals surface area contributed by atoms with Gasteiger partial charge in [0.1, 0.15) is 0 Å². The molecule has 8 aromatic heterocycles. The standard InChI is InChI=1S/C61H41N5.C57H37N5/c1-5-15-42(16-6-1)51-35-52(43-17-7-2-8-18-43)37-53(36-51)54-38-59(55-23-13-14-34-62-55)64-60(39-54)56-33-32-50(41-63-56)46-26-24-44(25-27-46)45-28-30-49(31-29-45)61-65-57(47-19-9-3-10-20-47)40-58(66-61)48-21-11-4-12-22-48;1-3-14-43(15-4-1)52-36-53(44-16-5-2-6-17-44)62-57(61-52)45-28-26-39(27-29-45)38-22-24-40(25-23-38)46-30-31-51(59-37-46)54-34-47(49-21-11-18-41-12-7-9-19-48(41)49)35-55(60-54)56-50-20-10-8-13-42(50)32-33-58-56/h1-41H;1-37H. The lowest BCUT2D eigenvalue weighted by Crippen LogP contribution is -1.96. The van der Waals surface area contributed by atoms with Crippen LogP contribution in [-0.4, -0.2) is 49.8 Å². The molecule has 128 heavy (non-hydrogen) atoms. The number of hydrogen-bond acceptors (Lipinski definition) is 10. The number of aromatic nitrogens is 10. The lowest BCUT2D eigenvalue weighted by atomic mass is 9.93. The van der Waals surface area contributed by atoms with Gasteiger partial charge >= 0.3 is 0 Å². The number of benzene rings is 14. The molecule has 600 valence electrons. The van der Waals surface area contributed by atoms with Crippen molar-refractivity contribution in [3.63, 3.8) is 0 Å². The molecule has 0 N–H and O–H groups in total. The predicted molar refractivity (Wildman–Crippen MR) is 524 cm³/mol. The first-order chi connectivity index (χ1) is 63.4. The van der Waals surface area contributed by atoms with Crippen LogP contribution in [-0.2, 0) is 0 Å². The van der Waals surface area contributed by atoms with E-state index in [1.165, 1.54) is 10.8 Å². The fourth-order valence-corrected chi connectivity index (χ4v) is 16.5. The summed E-state index contributed by atoms with van der Waals surface area (Å²) in [6, 6.07) is 156. The van der Waals surface area contributed by atoms with E-state index < -0.39 is 0 Å². The minimum absolute atomic E-state index is 0.692. The van der Waals surface area contributed by atoms with Crippen LogP contribution in [0.1, 0.15) is 0 Å². The Bertz CT molecular complexity index is 7410. The van der Waals surface area contributed by atoms with Crippen LogP contribution in [0.4, 0.5) is 0 Å². The highest BCUT2D eigenvalue weighted by molar-refractivity contribution is 6.00. The SMILES string of the molecule is c1ccc(-c2cc(-c3ccccc3)cc(-c3cc(-c4ccccn4)nc(-c4ccc(-c5ccc(-c6ccc(-c7nc(-c8ccccc8)cc(-c8ccccc8)n7)cc6)cc5)cn4)c3)c2)cc1.c1ccc(-c2cc(-c3ccccc3)nc(-c3ccc(-c4ccc(-c5ccc(-c6cc(-c7cccc8ccccc78)cc(-c7nccc8ccccc78)n6)nc5)cc4)cc3)n2)cc1. The fraction of sp³-hybridized carbons (Fsp3) is 0. The Morgan fingerprint density at radius 2 is 0.438 bits per heavy atom. The molecule has 14 aromatic carbocycles. The molecule has 0 fully saturated rings. The summed E-state index contributed by atoms with van der Waals surface area (Å²) >= 11 is 0. The van der Waals surface area contributed by atoms with E-state index >= 15 is 0 Å². The van der Waals surface area contributed by atoms with Crippen molar-refractivity contribution in [2.75, 3.05) is 0 Å². The zero-order valence-corrected chi connectivity index (χ0v) is 69.5. The van der Waals surface area contributed by atoms with Crippen LogP contribution in [0.15, 0.2) is 474 Å². The van der Waals surface area contributed by atoms with Gasteiger partial charge in [-0.25, -0.2) is 29.9 Å². The van der Waals surface area contributed by atoms with Crippen molar-refractivity contribution in [3.8, 4) is 202 Å². The van der Waals surface area contributed by atoms with E-state index in [2.05, 4.69) is 357 Å². The molecule has 0 spiro atoms. The smallest absolute Gasteiger partial charge is 0.160 e. The maximum absolute atomic E-state index is 5.21. The van der Waals surface area contributed by atoms with Crippen molar-refractivity contribution in [2.45, 2.75) is 0 Å². The molecule has 22 rings (SSSR count). The minimum Gasteiger partial charge on any atom is -0.255 e. The Hall–Kier alpha value is -17.3. The van der Waals surface area contributed by atoms with Gasteiger partial charge < -0.3 is 0 Å². The van der Waals surface area contributed by atoms with Gasteiger partial charge in [0.25, 0.3) is 0 Å². The highest BCUT2D eigenvalue weighted by Gasteiger charge is 2.20. The molecule has 0 saturated heterocycles. The van der Waals surface area contributed by atoms with Crippen molar-refractivity contribution in [2.24, 2.45) is 0 Å². The first-order valence-electron chi connectivity index (χ1n) is 42.8. The highest BCUT2D eigenvalue weighted by Crippen LogP contribution is 2.41. The molecule has 0 aliphatic carbocycles. The van der Waals surface area contributed by atoms with Gasteiger partial charge in [0.2, 0.25) is 0 Å². The van der Waals surface area contributed by atoms with Gasteiger partial charge in [0, 0.05) is 74.7 Å². The summed E-state index contributed by atoms with van der Waals surface area (Å²) < 4.78 is 0. The zero-order chi connectivity index (χ0) is 85.3. The van der Waals surface area contributed by atoms with Gasteiger partial charge in [-0.1, -0.05) is 364 Å². The van der Waals surface area contributed by atoms with Crippen LogP contribution in [0.5, 0.6) is 0 Å². The molecule has 0 aliphatic rings. The maximum atomic E-state index is 5.21. The topological polar surface area (TPSA) is 129 Å². The molecule has 0 aliphatic heterocycles. The van der Waals surface area contributed by atoms with Gasteiger partial charge in [0.15, 0.2) is 11.6 Å². The molecular weight excluding hydrogens is 1560 g/mol. The molecule has 22 aromatic rings. The van der Waals surface area contributed by atoms with E-state index in [4.69, 9.17) is 44.9 Å². The van der Waals surface area contributed by atoms with Crippen molar-refractivity contribution < 1.29 is 0 Å². The van der Waals surface area contributed by atoms with Gasteiger partial charge in [-0.3, -0.25) is 19.9 Å². The Kier molecular flexibility index (Phi) is 21.7. The molecule has 0 atom stereocenters. The van der Waals surface area contributed by atoms with E-state index in [1.807, 2.05) is 122 Å². The Morgan fingerprint density at radius 1 is 0.133 bits per heavy atom. The third-order valence-electron chi connectivity index (χ3n) is 23.2. The molecule has 0 amide bonds. The average molecular weight is 1640 g/mol. The van der Waals surface area contributed by atoms with Crippen LogP contribution in [0, 0.1) is 0 Å². The first-order valence-corrected chi connectivity index (χ1v) is 42.8. The number of hydrogen-bond donors (Lipinski definition) is 0. The van der Waals surface area contributed by atoms with Crippen LogP contribution >= 0.6 is 0 Å². The number of rotatable bonds is 18. The molecule has 0 bridgehead atoms. The first kappa shape index (κ1) is 77.9. The third-order valence-corrected chi connectivity index (χ3v) is 23.2. The summed E-state index contributed by atoms with van der Waals surface area (Å²) in [5.41, 5.74) is 33.7. The monoisotopic (exact) mass is 1630 g/mol. The van der Waals surface area contributed by atoms with Crippen LogP contribution in [0.25, 0.3) is 224 Å². The summed E-state index contributed by atoms with van der Waals surface area (Å²) in [6.45, 7) is 0. The van der Waals surface area contributed by atoms with Gasteiger partial charge in [-0.2, -0.15) is 0 Å². The molecule has 0 radical (unpaired) electrons. The van der Waals surface area contributed by atoms with Crippen LogP contribution in [0.2, 0.25) is 0 Å². The predicted octanol–water partition coefficient (Wildman–Crippen LogP) is 29.6. The van der Waals surface area contributed by atoms with E-state index in [1.54, 1.807) is 0 Å². The maximum Gasteiger partial charge on any atom is 0.160 e. The molecule has 8 heterocycles. The lowest BCUT2D eigenvalue weighted by Gasteiger charge is -2.14. The molecule has 10 nitrogen and oxygen atoms in total. The molecule has 10 heteroatoms. The summed E-state index contributed by atoms with van der Waals surface area (Å²) in [5, 5.41) is 4.56. The van der Waals surface area contributed by atoms with Crippen molar-refractivity contribution >= 4 is 21.5 Å². The second kappa shape index (κ2) is 35.6. The Balaban J connectivity index is 0.000000156. The van der Waals surface area contributed by atoms with Gasteiger partial charge in [0.05, 0.1) is 68.3 Å². The molecular formula is C118H78N10. The van der Waals surface area contributed by atoms with E-state index in [9.17, 15) is 0 Å². The zero-order valence-electron chi connectivity index (χ0n) is 69.5. The second-order valence-electron chi connectivity index (χ2n) is 31.5. The van der Waals surface area contributed by atoms with Crippen molar-refractivity contribution in [1.82, 2.24) is 49.8 Å². The van der Waals surface area contributed by atoms with Gasteiger partial charge in [-0.15, -0.1) is 0 Å². The fourth-order valence-electron chi connectivity index (χ4n) is 16.5. The lowest BCUT2D eigenvalue weighted by molar-refractivity contribution is 1.18. The van der Waals surface area contributed by atoms with E-state index in [0.29, 0.717) is 11.6 Å². The van der Waals surface area contributed by atoms with Crippen molar-refractivity contribution in [1.29, 1.82) is 0 Å². The quantitative estimate of drug-likeness (QED) is 0.0819. The summed E-state index contributed by atoms with van der Waals surface area (Å²) in [4.78, 5) is 49.9. The molecule has 0 saturated carbocycles. The Morgan fingerprint density at radius 3 is 0.844 bits per heavy atom. The van der Waals surface area contributed by atoms with Crippen LogP contribution < -0.4 is 0 Å². The highest BCUT2D eigenvalue weighted by atomic mass is 14.9. The summed E-state index contributed by atoms with van der Waals surface area (Å²) in [7, 11) is 0. The number of nitrogens with zero attached hydrogens (tertiary/aromatic N) is 10. The van der Waals surface area contributed by atoms with Gasteiger partial charge in [-0.05, 0) is 179 Å². The summed E-state index contributed by atoms with van der Waals surface area (Å²) in [6.07, 6.45) is 7.54. The summed E-state index contributed by atoms with van der Waals surface area (Å²) in [5.74, 6) is 1.39. The minimum atomic E-state index is 0.692. The average Bonchev–Trinajstić information content (AvgIpc) is 0.771. The van der Waals surface area contributed by atoms with Crippen molar-refractivity contribution in [3.05, 3.63) is 474 Å². The number of pyridine rings is 6. The van der Waals surface area contributed by atoms with E-state index in [-0.39, 0.29) is 0 Å². The number of fused-ring (bicyclic) bond motifs is 2. The second-order valence-corrected chi connectivity index (χ2v) is 31.5. The van der Waals surface area contributed by atoms with E-state index in [0.717, 1.165) is 201 Å². The molecule has 0 unspecified atom stereocenters. The normalized spacial score (nSPS) is 11.1. The van der Waals surface area contributed by atoms with Crippen LogP contribution in [0.3, 0.4) is 0 Å². The Labute approximate surface area is 742 Å².